The predicted octanol–water partition coefficient (Wildman–Crippen LogP) is 4.80. The number of nitrogens with zero attached hydrogens (tertiary/aromatic N) is 3. The van der Waals surface area contributed by atoms with Gasteiger partial charge in [0.25, 0.3) is 0 Å². The quantitative estimate of drug-likeness (QED) is 0.561. The van der Waals surface area contributed by atoms with Gasteiger partial charge in [0, 0.05) is 12.7 Å². The van der Waals surface area contributed by atoms with Crippen molar-refractivity contribution in [1.82, 2.24) is 9.97 Å². The van der Waals surface area contributed by atoms with Crippen LogP contribution in [0.1, 0.15) is 15.9 Å². The molecular formula is C21H19F3N4O3. The number of ether oxygens (including phenoxy) is 2. The number of esters is 1. The lowest BCUT2D eigenvalue weighted by atomic mass is 10.1. The van der Waals surface area contributed by atoms with Crippen LogP contribution in [-0.2, 0) is 10.9 Å². The van der Waals surface area contributed by atoms with E-state index in [-0.39, 0.29) is 11.5 Å². The Kier molecular flexibility index (Phi) is 6.28. The molecule has 1 N–H and O–H groups in total. The van der Waals surface area contributed by atoms with Gasteiger partial charge in [-0.15, -0.1) is 0 Å². The molecule has 162 valence electrons. The van der Waals surface area contributed by atoms with Gasteiger partial charge in [0.1, 0.15) is 5.75 Å². The highest BCUT2D eigenvalue weighted by molar-refractivity contribution is 5.97. The van der Waals surface area contributed by atoms with Crippen LogP contribution in [0.3, 0.4) is 0 Å². The number of carbonyl (C=O) groups is 1. The topological polar surface area (TPSA) is 76.6 Å². The molecule has 0 aliphatic heterocycles. The molecule has 31 heavy (non-hydrogen) atoms. The van der Waals surface area contributed by atoms with E-state index in [1.807, 2.05) is 0 Å². The molecule has 1 aromatic heterocycles. The van der Waals surface area contributed by atoms with Crippen molar-refractivity contribution >= 4 is 29.0 Å². The summed E-state index contributed by atoms with van der Waals surface area (Å²) < 4.78 is 48.1. The molecule has 0 radical (unpaired) electrons. The molecule has 0 aliphatic carbocycles. The molecule has 0 aliphatic rings. The summed E-state index contributed by atoms with van der Waals surface area (Å²) in [6, 6.07) is 9.58. The highest BCUT2D eigenvalue weighted by Crippen LogP contribution is 2.31. The first kappa shape index (κ1) is 21.9. The van der Waals surface area contributed by atoms with E-state index in [0.717, 1.165) is 12.1 Å². The zero-order chi connectivity index (χ0) is 22.6. The largest absolute Gasteiger partial charge is 0.497 e. The van der Waals surface area contributed by atoms with Crippen LogP contribution in [0.4, 0.5) is 36.2 Å². The molecule has 1 heterocycles. The third kappa shape index (κ3) is 5.03. The van der Waals surface area contributed by atoms with Crippen LogP contribution in [0, 0.1) is 0 Å². The van der Waals surface area contributed by atoms with E-state index in [2.05, 4.69) is 15.3 Å². The number of rotatable bonds is 6. The number of aromatic nitrogens is 2. The van der Waals surface area contributed by atoms with Crippen molar-refractivity contribution in [2.45, 2.75) is 6.18 Å². The molecule has 0 fully saturated rings. The molecule has 0 saturated heterocycles. The van der Waals surface area contributed by atoms with Gasteiger partial charge in [-0.2, -0.15) is 13.2 Å². The van der Waals surface area contributed by atoms with Crippen molar-refractivity contribution in [3.05, 3.63) is 66.0 Å². The smallest absolute Gasteiger partial charge is 0.416 e. The second kappa shape index (κ2) is 8.90. The third-order valence-electron chi connectivity index (χ3n) is 4.43. The molecule has 0 amide bonds. The number of alkyl halides is 3. The van der Waals surface area contributed by atoms with Crippen molar-refractivity contribution in [3.8, 4) is 5.75 Å². The minimum atomic E-state index is -4.40. The Morgan fingerprint density at radius 2 is 1.68 bits per heavy atom. The Morgan fingerprint density at radius 1 is 1.03 bits per heavy atom. The number of anilines is 4. The van der Waals surface area contributed by atoms with Gasteiger partial charge in [-0.1, -0.05) is 0 Å². The number of carbonyl (C=O) groups excluding carboxylic acids is 1. The van der Waals surface area contributed by atoms with Gasteiger partial charge < -0.3 is 19.7 Å². The fraction of sp³-hybridized carbons (Fsp3) is 0.190. The monoisotopic (exact) mass is 432 g/mol. The maximum absolute atomic E-state index is 12.7. The Hall–Kier alpha value is -3.82. The van der Waals surface area contributed by atoms with Gasteiger partial charge in [-0.05, 0) is 42.5 Å². The van der Waals surface area contributed by atoms with Crippen LogP contribution < -0.4 is 15.0 Å². The van der Waals surface area contributed by atoms with Crippen LogP contribution in [0.5, 0.6) is 5.75 Å². The predicted molar refractivity (Wildman–Crippen MR) is 109 cm³/mol. The zero-order valence-electron chi connectivity index (χ0n) is 16.9. The normalized spacial score (nSPS) is 11.0. The Balaban J connectivity index is 1.78. The van der Waals surface area contributed by atoms with Gasteiger partial charge >= 0.3 is 12.1 Å². The Morgan fingerprint density at radius 3 is 2.23 bits per heavy atom. The van der Waals surface area contributed by atoms with E-state index in [1.165, 1.54) is 38.7 Å². The molecule has 0 saturated carbocycles. The van der Waals surface area contributed by atoms with Crippen LogP contribution >= 0.6 is 0 Å². The molecule has 0 bridgehead atoms. The molecule has 10 heteroatoms. The van der Waals surface area contributed by atoms with E-state index in [0.29, 0.717) is 22.8 Å². The molecule has 0 unspecified atom stereocenters. The van der Waals surface area contributed by atoms with Crippen molar-refractivity contribution in [2.24, 2.45) is 0 Å². The van der Waals surface area contributed by atoms with E-state index in [4.69, 9.17) is 9.47 Å². The fourth-order valence-electron chi connectivity index (χ4n) is 2.74. The van der Waals surface area contributed by atoms with Gasteiger partial charge in [-0.3, -0.25) is 0 Å². The van der Waals surface area contributed by atoms with Crippen molar-refractivity contribution < 1.29 is 27.4 Å². The summed E-state index contributed by atoms with van der Waals surface area (Å²) >= 11 is 0. The summed E-state index contributed by atoms with van der Waals surface area (Å²) in [6.07, 6.45) is -1.41. The van der Waals surface area contributed by atoms with Gasteiger partial charge in [0.2, 0.25) is 5.95 Å². The second-order valence-corrected chi connectivity index (χ2v) is 6.40. The number of benzene rings is 2. The van der Waals surface area contributed by atoms with Gasteiger partial charge in [0.05, 0.1) is 49.1 Å². The molecule has 3 rings (SSSR count). The van der Waals surface area contributed by atoms with Crippen LogP contribution in [0.2, 0.25) is 0 Å². The lowest BCUT2D eigenvalue weighted by Gasteiger charge is -2.18. The van der Waals surface area contributed by atoms with Gasteiger partial charge in [0.15, 0.2) is 0 Å². The fourth-order valence-corrected chi connectivity index (χ4v) is 2.74. The molecular weight excluding hydrogens is 413 g/mol. The summed E-state index contributed by atoms with van der Waals surface area (Å²) in [5, 5.41) is 3.04. The first-order chi connectivity index (χ1) is 14.7. The minimum absolute atomic E-state index is 0.271. The van der Waals surface area contributed by atoms with E-state index < -0.39 is 17.7 Å². The van der Waals surface area contributed by atoms with E-state index in [9.17, 15) is 18.0 Å². The van der Waals surface area contributed by atoms with Crippen molar-refractivity contribution in [2.75, 3.05) is 31.5 Å². The SMILES string of the molecule is COC(=O)c1cc(OC)ccc1Nc1cnc(N(C)c2ccc(C(F)(F)F)cc2)nc1. The molecule has 0 atom stereocenters. The van der Waals surface area contributed by atoms with Crippen molar-refractivity contribution in [3.63, 3.8) is 0 Å². The average molecular weight is 432 g/mol. The number of methoxy groups -OCH3 is 2. The van der Waals surface area contributed by atoms with E-state index in [1.54, 1.807) is 30.1 Å². The number of hydrogen-bond acceptors (Lipinski definition) is 7. The maximum Gasteiger partial charge on any atom is 0.416 e. The van der Waals surface area contributed by atoms with Crippen LogP contribution in [-0.4, -0.2) is 37.2 Å². The first-order valence-electron chi connectivity index (χ1n) is 8.99. The first-order valence-corrected chi connectivity index (χ1v) is 8.99. The highest BCUT2D eigenvalue weighted by atomic mass is 19.4. The summed E-state index contributed by atoms with van der Waals surface area (Å²) in [7, 11) is 4.41. The summed E-state index contributed by atoms with van der Waals surface area (Å²) in [6.45, 7) is 0. The maximum atomic E-state index is 12.7. The third-order valence-corrected chi connectivity index (χ3v) is 4.43. The Bertz CT molecular complexity index is 1050. The summed E-state index contributed by atoms with van der Waals surface area (Å²) in [5.41, 5.74) is 1.01. The molecule has 2 aromatic carbocycles. The Labute approximate surface area is 176 Å². The molecule has 0 spiro atoms. The number of hydrogen-bond donors (Lipinski definition) is 1. The molecule has 7 nitrogen and oxygen atoms in total. The minimum Gasteiger partial charge on any atom is -0.497 e. The second-order valence-electron chi connectivity index (χ2n) is 6.40. The lowest BCUT2D eigenvalue weighted by molar-refractivity contribution is -0.137. The van der Waals surface area contributed by atoms with Gasteiger partial charge in [-0.25, -0.2) is 14.8 Å². The number of halogens is 3. The van der Waals surface area contributed by atoms with Crippen LogP contribution in [0.15, 0.2) is 54.9 Å². The molecule has 3 aromatic rings. The number of nitrogens with one attached hydrogen (secondary N) is 1. The highest BCUT2D eigenvalue weighted by Gasteiger charge is 2.30. The zero-order valence-corrected chi connectivity index (χ0v) is 16.9. The lowest BCUT2D eigenvalue weighted by Crippen LogP contribution is -2.14. The van der Waals surface area contributed by atoms with Crippen molar-refractivity contribution in [1.29, 1.82) is 0 Å². The summed E-state index contributed by atoms with van der Waals surface area (Å²) in [5.74, 6) is 0.241. The van der Waals surface area contributed by atoms with Crippen LogP contribution in [0.25, 0.3) is 0 Å². The summed E-state index contributed by atoms with van der Waals surface area (Å²) in [4.78, 5) is 22.1. The van der Waals surface area contributed by atoms with E-state index >= 15 is 0 Å². The standard InChI is InChI=1S/C21H19F3N4O3/c1-28(15-6-4-13(5-7-15)21(22,23)24)20-25-11-14(12-26-20)27-18-9-8-16(30-2)10-17(18)19(29)31-3/h4-12,27H,1-3H3. The average Bonchev–Trinajstić information content (AvgIpc) is 2.78.